The number of hydroxylamine groups is 2. The fourth-order valence-corrected chi connectivity index (χ4v) is 5.14. The number of rotatable bonds is 3. The molecule has 1 aliphatic carbocycles. The van der Waals surface area contributed by atoms with E-state index in [0.717, 1.165) is 24.2 Å². The average Bonchev–Trinajstić information content (AvgIpc) is 3.25. The molecule has 1 aliphatic heterocycles. The Hall–Kier alpha value is -4.13. The lowest BCUT2D eigenvalue weighted by Crippen LogP contribution is -2.23. The zero-order chi connectivity index (χ0) is 22.9. The molecule has 3 heteroatoms. The first-order valence-corrected chi connectivity index (χ1v) is 11.7. The minimum Gasteiger partial charge on any atom is -0.404 e. The van der Waals surface area contributed by atoms with Gasteiger partial charge in [-0.3, -0.25) is 0 Å². The largest absolute Gasteiger partial charge is 0.404 e. The van der Waals surface area contributed by atoms with E-state index in [0.29, 0.717) is 12.1 Å². The van der Waals surface area contributed by atoms with Gasteiger partial charge in [-0.15, -0.1) is 5.06 Å². The van der Waals surface area contributed by atoms with E-state index in [9.17, 15) is 5.26 Å². The van der Waals surface area contributed by atoms with Crippen LogP contribution >= 0.6 is 0 Å². The molecule has 1 atom stereocenters. The fraction of sp³-hybridized carbons (Fsp3) is 0.129. The van der Waals surface area contributed by atoms with Gasteiger partial charge in [0, 0.05) is 11.1 Å². The predicted octanol–water partition coefficient (Wildman–Crippen LogP) is 6.71. The van der Waals surface area contributed by atoms with E-state index in [1.807, 2.05) is 18.2 Å². The van der Waals surface area contributed by atoms with E-state index in [2.05, 4.69) is 96.1 Å². The second kappa shape index (κ2) is 8.67. The Labute approximate surface area is 200 Å². The Morgan fingerprint density at radius 2 is 1.35 bits per heavy atom. The zero-order valence-corrected chi connectivity index (χ0v) is 18.8. The Bertz CT molecular complexity index is 1410. The van der Waals surface area contributed by atoms with Crippen LogP contribution in [-0.2, 0) is 24.2 Å². The lowest BCUT2D eigenvalue weighted by molar-refractivity contribution is -0.0998. The third-order valence-corrected chi connectivity index (χ3v) is 6.78. The smallest absolute Gasteiger partial charge is 0.160 e. The molecule has 0 spiro atoms. The van der Waals surface area contributed by atoms with Crippen molar-refractivity contribution in [2.24, 2.45) is 0 Å². The monoisotopic (exact) mass is 440 g/mol. The van der Waals surface area contributed by atoms with Crippen LogP contribution in [0.4, 0.5) is 0 Å². The van der Waals surface area contributed by atoms with Gasteiger partial charge in [0.25, 0.3) is 0 Å². The Morgan fingerprint density at radius 1 is 0.735 bits per heavy atom. The molecule has 164 valence electrons. The van der Waals surface area contributed by atoms with Gasteiger partial charge in [0.1, 0.15) is 6.04 Å². The van der Waals surface area contributed by atoms with Gasteiger partial charge in [0.15, 0.2) is 5.76 Å². The molecule has 0 saturated heterocycles. The minimum absolute atomic E-state index is 0.0877. The highest BCUT2D eigenvalue weighted by atomic mass is 16.7. The molecule has 0 fully saturated rings. The molecular weight excluding hydrogens is 416 g/mol. The van der Waals surface area contributed by atoms with Crippen LogP contribution < -0.4 is 0 Å². The van der Waals surface area contributed by atoms with Crippen molar-refractivity contribution in [2.45, 2.75) is 25.4 Å². The van der Waals surface area contributed by atoms with E-state index in [4.69, 9.17) is 4.84 Å². The predicted molar refractivity (Wildman–Crippen MR) is 134 cm³/mol. The molecule has 0 radical (unpaired) electrons. The summed E-state index contributed by atoms with van der Waals surface area (Å²) in [4.78, 5) is 6.76. The maximum atomic E-state index is 9.34. The Morgan fingerprint density at radius 3 is 2.06 bits per heavy atom. The molecule has 3 nitrogen and oxygen atoms in total. The SMILES string of the molecule is N#Cc1ccc(C2C3=C(ON2Cc2ccccc2)c2ccccc2CCc2ccccc23)cc1. The standard InChI is InChI=1S/C31H24N2O/c32-20-22-14-16-26(17-15-22)30-29-27-12-6-4-10-24(27)18-19-25-11-5-7-13-28(25)31(29)34-33(30)21-23-8-2-1-3-9-23/h1-17,30H,18-19,21H2. The summed E-state index contributed by atoms with van der Waals surface area (Å²) in [5, 5.41) is 11.4. The zero-order valence-electron chi connectivity index (χ0n) is 18.8. The van der Waals surface area contributed by atoms with Gasteiger partial charge in [0.2, 0.25) is 0 Å². The van der Waals surface area contributed by atoms with Crippen molar-refractivity contribution >= 4 is 11.3 Å². The summed E-state index contributed by atoms with van der Waals surface area (Å²) in [6, 6.07) is 37.8. The van der Waals surface area contributed by atoms with Crippen LogP contribution in [-0.4, -0.2) is 5.06 Å². The van der Waals surface area contributed by atoms with Gasteiger partial charge in [-0.05, 0) is 52.8 Å². The average molecular weight is 441 g/mol. The molecule has 0 N–H and O–H groups in total. The number of nitrogens with zero attached hydrogens (tertiary/aromatic N) is 2. The van der Waals surface area contributed by atoms with Crippen LogP contribution in [0, 0.1) is 11.3 Å². The molecule has 34 heavy (non-hydrogen) atoms. The van der Waals surface area contributed by atoms with E-state index in [1.54, 1.807) is 0 Å². The third kappa shape index (κ3) is 3.59. The van der Waals surface area contributed by atoms with E-state index < -0.39 is 0 Å². The van der Waals surface area contributed by atoms with Crippen molar-refractivity contribution in [3.05, 3.63) is 142 Å². The first-order valence-electron chi connectivity index (χ1n) is 11.7. The summed E-state index contributed by atoms with van der Waals surface area (Å²) in [5.41, 5.74) is 9.24. The molecule has 4 aromatic carbocycles. The van der Waals surface area contributed by atoms with Crippen molar-refractivity contribution in [2.75, 3.05) is 0 Å². The van der Waals surface area contributed by atoms with Crippen molar-refractivity contribution in [1.29, 1.82) is 5.26 Å². The third-order valence-electron chi connectivity index (χ3n) is 6.78. The van der Waals surface area contributed by atoms with Crippen LogP contribution in [0.15, 0.2) is 103 Å². The second-order valence-corrected chi connectivity index (χ2v) is 8.85. The molecule has 1 heterocycles. The summed E-state index contributed by atoms with van der Waals surface area (Å²) in [5.74, 6) is 0.938. The fourth-order valence-electron chi connectivity index (χ4n) is 5.14. The Balaban J connectivity index is 1.57. The number of fused-ring (bicyclic) bond motifs is 4. The quantitative estimate of drug-likeness (QED) is 0.355. The van der Waals surface area contributed by atoms with E-state index >= 15 is 0 Å². The molecule has 6 rings (SSSR count). The van der Waals surface area contributed by atoms with E-state index in [-0.39, 0.29) is 6.04 Å². The highest BCUT2D eigenvalue weighted by Gasteiger charge is 2.39. The summed E-state index contributed by atoms with van der Waals surface area (Å²) in [7, 11) is 0. The van der Waals surface area contributed by atoms with Crippen molar-refractivity contribution in [3.8, 4) is 6.07 Å². The van der Waals surface area contributed by atoms with Gasteiger partial charge >= 0.3 is 0 Å². The molecule has 4 aromatic rings. The molecule has 0 amide bonds. The van der Waals surface area contributed by atoms with Gasteiger partial charge in [-0.1, -0.05) is 91.0 Å². The number of hydrogen-bond acceptors (Lipinski definition) is 3. The maximum Gasteiger partial charge on any atom is 0.160 e. The highest BCUT2D eigenvalue weighted by Crippen LogP contribution is 2.50. The van der Waals surface area contributed by atoms with Crippen LogP contribution in [0.2, 0.25) is 0 Å². The lowest BCUT2D eigenvalue weighted by atomic mass is 9.83. The van der Waals surface area contributed by atoms with Crippen molar-refractivity contribution in [1.82, 2.24) is 5.06 Å². The molecule has 0 bridgehead atoms. The highest BCUT2D eigenvalue weighted by molar-refractivity contribution is 5.94. The molecule has 0 saturated carbocycles. The van der Waals surface area contributed by atoms with E-state index in [1.165, 1.54) is 33.4 Å². The molecule has 1 unspecified atom stereocenters. The summed E-state index contributed by atoms with van der Waals surface area (Å²) in [6.07, 6.45) is 1.97. The topological polar surface area (TPSA) is 36.3 Å². The number of nitriles is 1. The van der Waals surface area contributed by atoms with Crippen LogP contribution in [0.5, 0.6) is 0 Å². The van der Waals surface area contributed by atoms with Gasteiger partial charge in [0.05, 0.1) is 18.2 Å². The van der Waals surface area contributed by atoms with Crippen LogP contribution in [0.1, 0.15) is 45.0 Å². The van der Waals surface area contributed by atoms with Crippen LogP contribution in [0.3, 0.4) is 0 Å². The number of benzene rings is 4. The maximum absolute atomic E-state index is 9.34. The molecule has 2 aliphatic rings. The summed E-state index contributed by atoms with van der Waals surface area (Å²) >= 11 is 0. The first-order chi connectivity index (χ1) is 16.8. The van der Waals surface area contributed by atoms with Crippen molar-refractivity contribution < 1.29 is 4.84 Å². The van der Waals surface area contributed by atoms with Crippen LogP contribution in [0.25, 0.3) is 11.3 Å². The normalized spacial score (nSPS) is 17.0. The summed E-state index contributed by atoms with van der Waals surface area (Å²) < 4.78 is 0. The Kier molecular flexibility index (Phi) is 5.22. The number of aryl methyl sites for hydroxylation is 2. The minimum atomic E-state index is -0.0877. The van der Waals surface area contributed by atoms with Gasteiger partial charge < -0.3 is 4.84 Å². The lowest BCUT2D eigenvalue weighted by Gasteiger charge is -2.26. The number of hydrogen-bond donors (Lipinski definition) is 0. The first kappa shape index (κ1) is 20.5. The van der Waals surface area contributed by atoms with Gasteiger partial charge in [-0.25, -0.2) is 0 Å². The second-order valence-electron chi connectivity index (χ2n) is 8.85. The van der Waals surface area contributed by atoms with Crippen molar-refractivity contribution in [3.63, 3.8) is 0 Å². The molecular formula is C31H24N2O. The molecule has 0 aromatic heterocycles. The summed E-state index contributed by atoms with van der Waals surface area (Å²) in [6.45, 7) is 0.656. The van der Waals surface area contributed by atoms with Gasteiger partial charge in [-0.2, -0.15) is 5.26 Å².